The second-order valence-corrected chi connectivity index (χ2v) is 7.98. The number of alkyl halides is 3. The summed E-state index contributed by atoms with van der Waals surface area (Å²) in [5.41, 5.74) is 0.495. The fraction of sp³-hybridized carbons (Fsp3) is 0.524. The van der Waals surface area contributed by atoms with Gasteiger partial charge in [0.15, 0.2) is 0 Å². The number of carbonyl (C=O) groups excluding carboxylic acids is 1. The fourth-order valence-electron chi connectivity index (χ4n) is 4.26. The summed E-state index contributed by atoms with van der Waals surface area (Å²) in [7, 11) is 0. The first kappa shape index (κ1) is 21.3. The third kappa shape index (κ3) is 3.90. The van der Waals surface area contributed by atoms with Gasteiger partial charge in [0.05, 0.1) is 16.6 Å². The van der Waals surface area contributed by atoms with Crippen molar-refractivity contribution in [2.75, 3.05) is 13.1 Å². The van der Waals surface area contributed by atoms with E-state index < -0.39 is 17.8 Å². The van der Waals surface area contributed by atoms with E-state index in [9.17, 15) is 18.0 Å². The van der Waals surface area contributed by atoms with Crippen molar-refractivity contribution in [1.29, 1.82) is 0 Å². The number of likely N-dealkylation sites (tertiary alicyclic amines) is 1. The van der Waals surface area contributed by atoms with E-state index in [1.54, 1.807) is 29.6 Å². The van der Waals surface area contributed by atoms with E-state index in [0.717, 1.165) is 11.8 Å². The number of piperidine rings is 1. The van der Waals surface area contributed by atoms with Gasteiger partial charge in [0.2, 0.25) is 5.91 Å². The summed E-state index contributed by atoms with van der Waals surface area (Å²) in [6, 6.07) is 2.39. The van der Waals surface area contributed by atoms with Crippen LogP contribution < -0.4 is 0 Å². The Morgan fingerprint density at radius 1 is 1.39 bits per heavy atom. The molecule has 3 aromatic rings. The van der Waals surface area contributed by atoms with Crippen LogP contribution in [0.15, 0.2) is 22.9 Å². The molecule has 7 nitrogen and oxygen atoms in total. The van der Waals surface area contributed by atoms with E-state index >= 15 is 0 Å². The van der Waals surface area contributed by atoms with Crippen LogP contribution in [0, 0.1) is 6.92 Å². The molecule has 1 amide bonds. The maximum atomic E-state index is 13.8. The number of amides is 1. The number of carbonyl (C=O) groups is 1. The fourth-order valence-corrected chi connectivity index (χ4v) is 4.26. The van der Waals surface area contributed by atoms with E-state index in [2.05, 4.69) is 15.2 Å². The van der Waals surface area contributed by atoms with Gasteiger partial charge in [-0.3, -0.25) is 9.48 Å². The molecule has 0 spiro atoms. The maximum absolute atomic E-state index is 13.8. The van der Waals surface area contributed by atoms with Crippen LogP contribution >= 0.6 is 0 Å². The van der Waals surface area contributed by atoms with Crippen molar-refractivity contribution < 1.29 is 22.5 Å². The van der Waals surface area contributed by atoms with Crippen LogP contribution in [0.1, 0.15) is 61.3 Å². The molecule has 31 heavy (non-hydrogen) atoms. The largest absolute Gasteiger partial charge is 0.417 e. The Morgan fingerprint density at radius 3 is 2.81 bits per heavy atom. The van der Waals surface area contributed by atoms with E-state index in [1.165, 1.54) is 0 Å². The minimum Gasteiger partial charge on any atom is -0.340 e. The molecule has 4 heterocycles. The number of aromatic nitrogens is 4. The van der Waals surface area contributed by atoms with E-state index in [0.29, 0.717) is 31.5 Å². The van der Waals surface area contributed by atoms with Crippen LogP contribution in [-0.4, -0.2) is 43.8 Å². The minimum atomic E-state index is -4.55. The summed E-state index contributed by atoms with van der Waals surface area (Å²) in [4.78, 5) is 18.9. The molecule has 4 rings (SSSR count). The van der Waals surface area contributed by atoms with Crippen molar-refractivity contribution in [3.8, 4) is 0 Å². The normalized spacial score (nSPS) is 18.5. The van der Waals surface area contributed by atoms with Crippen LogP contribution in [0.4, 0.5) is 13.2 Å². The summed E-state index contributed by atoms with van der Waals surface area (Å²) in [5, 5.41) is 8.09. The highest BCUT2D eigenvalue weighted by Gasteiger charge is 2.38. The first-order valence-corrected chi connectivity index (χ1v) is 10.4. The van der Waals surface area contributed by atoms with Gasteiger partial charge in [-0.05, 0) is 45.2 Å². The van der Waals surface area contributed by atoms with Gasteiger partial charge in [0.1, 0.15) is 6.04 Å². The zero-order chi connectivity index (χ0) is 22.3. The Labute approximate surface area is 177 Å². The molecule has 1 saturated heterocycles. The molecule has 1 aliphatic heterocycles. The van der Waals surface area contributed by atoms with Crippen molar-refractivity contribution >= 4 is 17.0 Å². The smallest absolute Gasteiger partial charge is 0.340 e. The van der Waals surface area contributed by atoms with Crippen LogP contribution in [0.5, 0.6) is 0 Å². The van der Waals surface area contributed by atoms with Gasteiger partial charge in [0, 0.05) is 36.6 Å². The highest BCUT2D eigenvalue weighted by molar-refractivity contribution is 5.83. The summed E-state index contributed by atoms with van der Waals surface area (Å²) in [6.45, 7) is 6.19. The van der Waals surface area contributed by atoms with Crippen molar-refractivity contribution in [2.24, 2.45) is 0 Å². The predicted molar refractivity (Wildman–Crippen MR) is 106 cm³/mol. The average Bonchev–Trinajstić information content (AvgIpc) is 3.37. The quantitative estimate of drug-likeness (QED) is 0.612. The number of hydrogen-bond acceptors (Lipinski definition) is 5. The average molecular weight is 435 g/mol. The van der Waals surface area contributed by atoms with Gasteiger partial charge < -0.3 is 9.42 Å². The lowest BCUT2D eigenvalue weighted by Gasteiger charge is -2.34. The summed E-state index contributed by atoms with van der Waals surface area (Å²) < 4.78 is 48.2. The summed E-state index contributed by atoms with van der Waals surface area (Å²) in [5.74, 6) is -0.480. The molecule has 2 atom stereocenters. The molecular formula is C21H24F3N5O2. The molecule has 10 heteroatoms. The predicted octanol–water partition coefficient (Wildman–Crippen LogP) is 4.28. The molecule has 3 aromatic heterocycles. The van der Waals surface area contributed by atoms with Crippen LogP contribution in [0.25, 0.3) is 11.1 Å². The van der Waals surface area contributed by atoms with E-state index in [4.69, 9.17) is 4.52 Å². The third-order valence-electron chi connectivity index (χ3n) is 5.91. The Kier molecular flexibility index (Phi) is 5.49. The van der Waals surface area contributed by atoms with Crippen LogP contribution in [0.3, 0.4) is 0 Å². The highest BCUT2D eigenvalue weighted by atomic mass is 19.4. The number of fused-ring (bicyclic) bond motifs is 1. The molecular weight excluding hydrogens is 411 g/mol. The molecule has 0 aliphatic carbocycles. The summed E-state index contributed by atoms with van der Waals surface area (Å²) in [6.07, 6.45) is -1.28. The number of rotatable bonds is 4. The molecule has 0 bridgehead atoms. The lowest BCUT2D eigenvalue weighted by molar-refractivity contribution is -0.137. The van der Waals surface area contributed by atoms with E-state index in [1.807, 2.05) is 13.0 Å². The molecule has 0 aromatic carbocycles. The molecule has 1 aliphatic rings. The summed E-state index contributed by atoms with van der Waals surface area (Å²) >= 11 is 0. The number of nitrogens with zero attached hydrogens (tertiary/aromatic N) is 5. The Hall–Kier alpha value is -2.91. The van der Waals surface area contributed by atoms with Gasteiger partial charge in [-0.1, -0.05) is 12.1 Å². The number of aryl methyl sites for hydroxylation is 2. The number of hydrogen-bond donors (Lipinski definition) is 0. The standard InChI is InChI=1S/C21H24F3N5O2/c1-4-15-10-16(21(22,23)24)17-18(27-31-19(17)26-15)14-6-5-9-28(11-14)20(30)13(3)29-12(2)7-8-25-29/h7-8,10,13-14H,4-6,9,11H2,1-3H3/t13-,14-/m1/s1. The molecule has 0 N–H and O–H groups in total. The van der Waals surface area contributed by atoms with Crippen molar-refractivity contribution in [3.05, 3.63) is 41.0 Å². The first-order chi connectivity index (χ1) is 14.7. The second kappa shape index (κ2) is 7.97. The van der Waals surface area contributed by atoms with Gasteiger partial charge in [-0.2, -0.15) is 18.3 Å². The molecule has 0 radical (unpaired) electrons. The molecule has 0 saturated carbocycles. The lowest BCUT2D eigenvalue weighted by Crippen LogP contribution is -2.42. The Balaban J connectivity index is 1.66. The van der Waals surface area contributed by atoms with Gasteiger partial charge in [0.25, 0.3) is 5.71 Å². The second-order valence-electron chi connectivity index (χ2n) is 7.98. The van der Waals surface area contributed by atoms with Crippen LogP contribution in [-0.2, 0) is 17.4 Å². The van der Waals surface area contributed by atoms with Gasteiger partial charge in [-0.15, -0.1) is 0 Å². The zero-order valence-electron chi connectivity index (χ0n) is 17.6. The first-order valence-electron chi connectivity index (χ1n) is 10.4. The number of halogens is 3. The van der Waals surface area contributed by atoms with Gasteiger partial charge in [-0.25, -0.2) is 4.98 Å². The van der Waals surface area contributed by atoms with Crippen molar-refractivity contribution in [3.63, 3.8) is 0 Å². The minimum absolute atomic E-state index is 0.0973. The monoisotopic (exact) mass is 435 g/mol. The SMILES string of the molecule is CCc1cc(C(F)(F)F)c2c([C@@H]3CCCN(C(=O)[C@@H](C)n4nccc4C)C3)noc2n1. The molecule has 1 fully saturated rings. The Morgan fingerprint density at radius 2 is 2.16 bits per heavy atom. The highest BCUT2D eigenvalue weighted by Crippen LogP contribution is 2.40. The van der Waals surface area contributed by atoms with Crippen molar-refractivity contribution in [2.45, 2.75) is 58.2 Å². The van der Waals surface area contributed by atoms with E-state index in [-0.39, 0.29) is 35.2 Å². The number of pyridine rings is 1. The molecule has 166 valence electrons. The zero-order valence-corrected chi connectivity index (χ0v) is 17.6. The third-order valence-corrected chi connectivity index (χ3v) is 5.91. The van der Waals surface area contributed by atoms with Crippen molar-refractivity contribution in [1.82, 2.24) is 24.8 Å². The maximum Gasteiger partial charge on any atom is 0.417 e. The Bertz CT molecular complexity index is 1100. The lowest BCUT2D eigenvalue weighted by atomic mass is 9.91. The molecule has 0 unspecified atom stereocenters. The van der Waals surface area contributed by atoms with Gasteiger partial charge >= 0.3 is 6.18 Å². The van der Waals surface area contributed by atoms with Crippen LogP contribution in [0.2, 0.25) is 0 Å². The topological polar surface area (TPSA) is 77.0 Å².